The normalized spacial score (nSPS) is 11.4. The number of aryl methyl sites for hydroxylation is 1. The van der Waals surface area contributed by atoms with Gasteiger partial charge in [0.2, 0.25) is 5.91 Å². The number of rotatable bonds is 9. The highest BCUT2D eigenvalue weighted by Gasteiger charge is 2.36. The van der Waals surface area contributed by atoms with Crippen molar-refractivity contribution < 1.29 is 29.0 Å². The van der Waals surface area contributed by atoms with Crippen LogP contribution < -0.4 is 21.7 Å². The fourth-order valence-electron chi connectivity index (χ4n) is 3.44. The van der Waals surface area contributed by atoms with Crippen molar-refractivity contribution in [3.63, 3.8) is 0 Å². The molecule has 0 bridgehead atoms. The number of nitrogens with two attached hydrogens (primary N) is 2. The Morgan fingerprint density at radius 2 is 1.86 bits per heavy atom. The van der Waals surface area contributed by atoms with Crippen LogP contribution in [0.1, 0.15) is 44.3 Å². The van der Waals surface area contributed by atoms with Crippen LogP contribution in [0, 0.1) is 6.92 Å². The molecule has 188 valence electrons. The number of benzene rings is 2. The maximum Gasteiger partial charge on any atom is 0.325 e. The number of phenolic OH excluding ortho intramolecular Hbond substituents is 1. The van der Waals surface area contributed by atoms with Crippen LogP contribution in [0.25, 0.3) is 0 Å². The minimum absolute atomic E-state index is 0.0457. The lowest BCUT2D eigenvalue weighted by molar-refractivity contribution is -0.143. The molecule has 1 unspecified atom stereocenters. The summed E-state index contributed by atoms with van der Waals surface area (Å²) in [5.41, 5.74) is 12.4. The van der Waals surface area contributed by atoms with Gasteiger partial charge in [0.25, 0.3) is 11.8 Å². The molecule has 12 heteroatoms. The van der Waals surface area contributed by atoms with E-state index in [4.69, 9.17) is 16.2 Å². The first-order valence-corrected chi connectivity index (χ1v) is 11.6. The van der Waals surface area contributed by atoms with Crippen molar-refractivity contribution in [2.75, 3.05) is 23.8 Å². The van der Waals surface area contributed by atoms with Crippen LogP contribution in [0.15, 0.2) is 48.5 Å². The van der Waals surface area contributed by atoms with Crippen molar-refractivity contribution >= 4 is 46.6 Å². The molecule has 0 saturated carbocycles. The summed E-state index contributed by atoms with van der Waals surface area (Å²) in [5, 5.41) is 12.3. The topological polar surface area (TPSA) is 178 Å². The Hall–Kier alpha value is -4.45. The standard InChI is InChI=1S/C24H25N5O6S/c1-3-35-17(31)12-27-23(33)20(14-7-9-16(30)10-8-14)29(15-6-4-5-13(2)11-15)24(34)21-18(25)19(22(26)32)28-36-21/h4-11,20,30H,3,12,25H2,1-2H3,(H2,26,32)(H,27,33). The number of carbonyl (C=O) groups is 4. The Bertz CT molecular complexity index is 1290. The van der Waals surface area contributed by atoms with E-state index in [1.165, 1.54) is 29.2 Å². The van der Waals surface area contributed by atoms with Crippen LogP contribution in [0.2, 0.25) is 0 Å². The number of nitrogens with zero attached hydrogens (tertiary/aromatic N) is 2. The quantitative estimate of drug-likeness (QED) is 0.315. The molecule has 1 heterocycles. The van der Waals surface area contributed by atoms with Crippen molar-refractivity contribution in [3.05, 3.63) is 70.2 Å². The second-order valence-corrected chi connectivity index (χ2v) is 8.44. The van der Waals surface area contributed by atoms with Gasteiger partial charge in [-0.15, -0.1) is 0 Å². The van der Waals surface area contributed by atoms with E-state index in [1.54, 1.807) is 25.1 Å². The number of amides is 3. The average Bonchev–Trinajstić information content (AvgIpc) is 3.23. The summed E-state index contributed by atoms with van der Waals surface area (Å²) >= 11 is 0.679. The molecule has 0 saturated heterocycles. The summed E-state index contributed by atoms with van der Waals surface area (Å²) in [6.45, 7) is 3.16. The number of esters is 1. The van der Waals surface area contributed by atoms with Crippen molar-refractivity contribution in [1.29, 1.82) is 0 Å². The molecule has 0 aliphatic rings. The number of phenols is 1. The lowest BCUT2D eigenvalue weighted by atomic mass is 10.0. The van der Waals surface area contributed by atoms with Crippen LogP contribution in [0.5, 0.6) is 5.75 Å². The van der Waals surface area contributed by atoms with E-state index >= 15 is 0 Å². The van der Waals surface area contributed by atoms with Crippen molar-refractivity contribution in [1.82, 2.24) is 9.69 Å². The number of hydrogen-bond acceptors (Lipinski definition) is 9. The summed E-state index contributed by atoms with van der Waals surface area (Å²) in [7, 11) is 0. The number of nitrogens with one attached hydrogen (secondary N) is 1. The number of ether oxygens (including phenoxy) is 1. The summed E-state index contributed by atoms with van der Waals surface area (Å²) in [6.07, 6.45) is 0. The molecule has 0 aliphatic carbocycles. The first-order chi connectivity index (χ1) is 17.1. The Morgan fingerprint density at radius 1 is 1.17 bits per heavy atom. The highest BCUT2D eigenvalue weighted by Crippen LogP contribution is 2.34. The zero-order chi connectivity index (χ0) is 26.4. The largest absolute Gasteiger partial charge is 0.508 e. The van der Waals surface area contributed by atoms with Gasteiger partial charge < -0.3 is 26.6 Å². The van der Waals surface area contributed by atoms with Crippen LogP contribution in [-0.2, 0) is 14.3 Å². The number of aromatic nitrogens is 1. The number of aromatic hydroxyl groups is 1. The van der Waals surface area contributed by atoms with E-state index in [1.807, 2.05) is 13.0 Å². The molecule has 3 amide bonds. The third kappa shape index (κ3) is 5.78. The van der Waals surface area contributed by atoms with Gasteiger partial charge >= 0.3 is 5.97 Å². The summed E-state index contributed by atoms with van der Waals surface area (Å²) in [4.78, 5) is 52.0. The summed E-state index contributed by atoms with van der Waals surface area (Å²) in [6, 6.07) is 11.2. The van der Waals surface area contributed by atoms with Crippen molar-refractivity contribution in [2.24, 2.45) is 5.73 Å². The first-order valence-electron chi connectivity index (χ1n) is 10.8. The van der Waals surface area contributed by atoms with E-state index in [0.717, 1.165) is 5.56 Å². The molecule has 11 nitrogen and oxygen atoms in total. The summed E-state index contributed by atoms with van der Waals surface area (Å²) < 4.78 is 8.78. The van der Waals surface area contributed by atoms with Gasteiger partial charge in [0.15, 0.2) is 5.69 Å². The smallest absolute Gasteiger partial charge is 0.325 e. The Balaban J connectivity index is 2.15. The zero-order valence-electron chi connectivity index (χ0n) is 19.6. The number of nitrogen functional groups attached to an aromatic ring is 1. The Morgan fingerprint density at radius 3 is 2.44 bits per heavy atom. The lowest BCUT2D eigenvalue weighted by Gasteiger charge is -2.31. The maximum atomic E-state index is 13.9. The Labute approximate surface area is 210 Å². The fraction of sp³-hybridized carbons (Fsp3) is 0.208. The van der Waals surface area contributed by atoms with E-state index in [0.29, 0.717) is 22.8 Å². The number of primary amides is 1. The number of carbonyl (C=O) groups excluding carboxylic acids is 4. The molecular formula is C24H25N5O6S. The van der Waals surface area contributed by atoms with Crippen molar-refractivity contribution in [3.8, 4) is 5.75 Å². The van der Waals surface area contributed by atoms with Gasteiger partial charge in [-0.1, -0.05) is 24.3 Å². The first kappa shape index (κ1) is 26.2. The van der Waals surface area contributed by atoms with Gasteiger partial charge in [-0.05, 0) is 60.8 Å². The zero-order valence-corrected chi connectivity index (χ0v) is 20.4. The van der Waals surface area contributed by atoms with Crippen LogP contribution in [-0.4, -0.2) is 46.3 Å². The monoisotopic (exact) mass is 511 g/mol. The van der Waals surface area contributed by atoms with Gasteiger partial charge in [-0.25, -0.2) is 0 Å². The van der Waals surface area contributed by atoms with Gasteiger partial charge in [0.05, 0.1) is 12.3 Å². The SMILES string of the molecule is CCOC(=O)CNC(=O)C(c1ccc(O)cc1)N(C(=O)c1snc(C(N)=O)c1N)c1cccc(C)c1. The minimum atomic E-state index is -1.30. The number of anilines is 2. The van der Waals surface area contributed by atoms with Gasteiger partial charge in [0.1, 0.15) is 23.2 Å². The van der Waals surface area contributed by atoms with Crippen LogP contribution in [0.3, 0.4) is 0 Å². The minimum Gasteiger partial charge on any atom is -0.508 e. The average molecular weight is 512 g/mol. The fourth-order valence-corrected chi connectivity index (χ4v) is 4.18. The highest BCUT2D eigenvalue weighted by atomic mass is 32.1. The van der Waals surface area contributed by atoms with Gasteiger partial charge in [-0.2, -0.15) is 4.37 Å². The molecule has 3 rings (SSSR count). The van der Waals surface area contributed by atoms with Crippen LogP contribution in [0.4, 0.5) is 11.4 Å². The molecule has 0 fully saturated rings. The molecular weight excluding hydrogens is 486 g/mol. The highest BCUT2D eigenvalue weighted by molar-refractivity contribution is 7.09. The summed E-state index contributed by atoms with van der Waals surface area (Å²) in [5.74, 6) is -3.00. The molecule has 0 radical (unpaired) electrons. The predicted octanol–water partition coefficient (Wildman–Crippen LogP) is 1.91. The van der Waals surface area contributed by atoms with Crippen molar-refractivity contribution in [2.45, 2.75) is 19.9 Å². The molecule has 1 aromatic heterocycles. The van der Waals surface area contributed by atoms with E-state index in [2.05, 4.69) is 9.69 Å². The molecule has 3 aromatic rings. The van der Waals surface area contributed by atoms with E-state index < -0.39 is 36.3 Å². The second kappa shape index (κ2) is 11.3. The molecule has 6 N–H and O–H groups in total. The maximum absolute atomic E-state index is 13.9. The second-order valence-electron chi connectivity index (χ2n) is 7.67. The lowest BCUT2D eigenvalue weighted by Crippen LogP contribution is -2.45. The molecule has 0 spiro atoms. The van der Waals surface area contributed by atoms with E-state index in [9.17, 15) is 24.3 Å². The van der Waals surface area contributed by atoms with E-state index in [-0.39, 0.29) is 28.6 Å². The molecule has 2 aromatic carbocycles. The van der Waals surface area contributed by atoms with Crippen LogP contribution >= 0.6 is 11.5 Å². The third-order valence-electron chi connectivity index (χ3n) is 5.08. The Kier molecular flexibility index (Phi) is 8.22. The molecule has 1 atom stereocenters. The number of hydrogen-bond donors (Lipinski definition) is 4. The molecule has 36 heavy (non-hydrogen) atoms. The predicted molar refractivity (Wildman–Crippen MR) is 134 cm³/mol. The van der Waals surface area contributed by atoms with Gasteiger partial charge in [0, 0.05) is 5.69 Å². The molecule has 0 aliphatic heterocycles. The third-order valence-corrected chi connectivity index (χ3v) is 5.93. The van der Waals surface area contributed by atoms with Gasteiger partial charge in [-0.3, -0.25) is 24.1 Å².